The molecular formula is C16H21BFNO. The van der Waals surface area contributed by atoms with Crippen molar-refractivity contribution < 1.29 is 9.50 Å². The molecule has 0 bridgehead atoms. The topological polar surface area (TPSA) is 23.5 Å². The van der Waals surface area contributed by atoms with Crippen LogP contribution in [-0.2, 0) is 0 Å². The molecule has 0 saturated heterocycles. The van der Waals surface area contributed by atoms with Gasteiger partial charge in [-0.25, -0.2) is 4.39 Å². The number of rotatable bonds is 2. The summed E-state index contributed by atoms with van der Waals surface area (Å²) >= 11 is 0. The Hall–Kier alpha value is -0.865. The molecule has 0 aromatic heterocycles. The zero-order valence-corrected chi connectivity index (χ0v) is 12.1. The van der Waals surface area contributed by atoms with Crippen molar-refractivity contribution >= 4 is 7.85 Å². The van der Waals surface area contributed by atoms with Gasteiger partial charge in [-0.15, -0.1) is 0 Å². The number of fused-ring (bicyclic) bond motifs is 1. The summed E-state index contributed by atoms with van der Waals surface area (Å²) in [4.78, 5) is 2.30. The molecule has 3 rings (SSSR count). The van der Waals surface area contributed by atoms with Crippen molar-refractivity contribution in [1.29, 1.82) is 0 Å². The van der Waals surface area contributed by atoms with Gasteiger partial charge in [0.25, 0.3) is 0 Å². The van der Waals surface area contributed by atoms with Crippen LogP contribution in [0.4, 0.5) is 4.39 Å². The van der Waals surface area contributed by atoms with Gasteiger partial charge in [0.1, 0.15) is 5.83 Å². The molecule has 0 aromatic rings. The van der Waals surface area contributed by atoms with E-state index >= 15 is 0 Å². The highest BCUT2D eigenvalue weighted by atomic mass is 19.1. The standard InChI is InChI=1S/C16H21BFNO/c1-10(17)13-3-4-16(7-14(13)18)9-19(2)15-6-11(15)5-12(16)8-20/h3,5,7,10-11,15,20H,4,6,8-9H2,1-2H3. The second-order valence-corrected chi connectivity index (χ2v) is 6.53. The molecule has 4 unspecified atom stereocenters. The van der Waals surface area contributed by atoms with Gasteiger partial charge >= 0.3 is 0 Å². The number of nitrogens with zero attached hydrogens (tertiary/aromatic N) is 1. The predicted octanol–water partition coefficient (Wildman–Crippen LogP) is 2.39. The number of aliphatic hydroxyl groups is 1. The lowest BCUT2D eigenvalue weighted by molar-refractivity contribution is 0.217. The third-order valence-electron chi connectivity index (χ3n) is 4.98. The SMILES string of the molecule is [B]C(C)C1=CCC2(C=C1F)CN(C)C1CC1C=C2CO. The molecule has 2 aliphatic carbocycles. The monoisotopic (exact) mass is 273 g/mol. The van der Waals surface area contributed by atoms with E-state index in [4.69, 9.17) is 7.85 Å². The van der Waals surface area contributed by atoms with Crippen LogP contribution in [-0.4, -0.2) is 44.1 Å². The summed E-state index contributed by atoms with van der Waals surface area (Å²) in [6, 6.07) is 0.561. The number of halogens is 1. The zero-order valence-electron chi connectivity index (χ0n) is 12.1. The average Bonchev–Trinajstić information content (AvgIpc) is 3.14. The van der Waals surface area contributed by atoms with Crippen molar-refractivity contribution in [3.8, 4) is 0 Å². The van der Waals surface area contributed by atoms with Gasteiger partial charge in [0.05, 0.1) is 14.5 Å². The Bertz CT molecular complexity index is 511. The van der Waals surface area contributed by atoms with Gasteiger partial charge in [-0.2, -0.15) is 0 Å². The normalized spacial score (nSPS) is 38.5. The van der Waals surface area contributed by atoms with E-state index < -0.39 is 5.41 Å². The first-order valence-corrected chi connectivity index (χ1v) is 7.33. The van der Waals surface area contributed by atoms with E-state index in [9.17, 15) is 9.50 Å². The zero-order chi connectivity index (χ0) is 14.5. The maximum absolute atomic E-state index is 14.4. The fraction of sp³-hybridized carbons (Fsp3) is 0.625. The van der Waals surface area contributed by atoms with Crippen molar-refractivity contribution in [3.63, 3.8) is 0 Å². The van der Waals surface area contributed by atoms with Crippen LogP contribution < -0.4 is 0 Å². The summed E-state index contributed by atoms with van der Waals surface area (Å²) in [6.45, 7) is 2.56. The maximum Gasteiger partial charge on any atom is 0.122 e. The Balaban J connectivity index is 1.97. The van der Waals surface area contributed by atoms with Gasteiger partial charge in [-0.1, -0.05) is 24.9 Å². The molecule has 1 saturated carbocycles. The predicted molar refractivity (Wildman–Crippen MR) is 79.2 cm³/mol. The minimum atomic E-state index is -0.403. The minimum Gasteiger partial charge on any atom is -0.392 e. The van der Waals surface area contributed by atoms with Crippen molar-refractivity contribution in [3.05, 3.63) is 35.2 Å². The van der Waals surface area contributed by atoms with Crippen molar-refractivity contribution in [2.45, 2.75) is 31.6 Å². The number of aliphatic hydroxyl groups excluding tert-OH is 1. The molecule has 1 heterocycles. The third kappa shape index (κ3) is 2.19. The van der Waals surface area contributed by atoms with Crippen LogP contribution in [0.3, 0.4) is 0 Å². The molecule has 1 fully saturated rings. The Morgan fingerprint density at radius 1 is 1.60 bits per heavy atom. The molecule has 2 radical (unpaired) electrons. The summed E-state index contributed by atoms with van der Waals surface area (Å²) in [5, 5.41) is 9.73. The molecule has 4 heteroatoms. The molecule has 0 aromatic carbocycles. The molecule has 106 valence electrons. The first kappa shape index (κ1) is 14.1. The van der Waals surface area contributed by atoms with Gasteiger partial charge in [-0.3, -0.25) is 0 Å². The highest BCUT2D eigenvalue weighted by Gasteiger charge is 2.47. The van der Waals surface area contributed by atoms with Gasteiger partial charge in [0.2, 0.25) is 0 Å². The Morgan fingerprint density at radius 2 is 2.35 bits per heavy atom. The van der Waals surface area contributed by atoms with E-state index in [0.29, 0.717) is 24.0 Å². The van der Waals surface area contributed by atoms with E-state index in [-0.39, 0.29) is 18.3 Å². The lowest BCUT2D eigenvalue weighted by atomic mass is 9.70. The lowest BCUT2D eigenvalue weighted by Crippen LogP contribution is -2.38. The van der Waals surface area contributed by atoms with Crippen LogP contribution >= 0.6 is 0 Å². The van der Waals surface area contributed by atoms with E-state index in [0.717, 1.165) is 18.5 Å². The second kappa shape index (κ2) is 4.85. The smallest absolute Gasteiger partial charge is 0.122 e. The maximum atomic E-state index is 14.4. The highest BCUT2D eigenvalue weighted by molar-refractivity contribution is 6.13. The molecule has 20 heavy (non-hydrogen) atoms. The largest absolute Gasteiger partial charge is 0.392 e. The first-order valence-electron chi connectivity index (χ1n) is 7.33. The molecule has 3 aliphatic rings. The van der Waals surface area contributed by atoms with E-state index in [1.54, 1.807) is 13.0 Å². The lowest BCUT2D eigenvalue weighted by Gasteiger charge is -2.37. The van der Waals surface area contributed by atoms with Crippen LogP contribution in [0.2, 0.25) is 5.82 Å². The molecule has 1 aliphatic heterocycles. The van der Waals surface area contributed by atoms with E-state index in [1.165, 1.54) is 0 Å². The number of allylic oxidation sites excluding steroid dienone is 3. The summed E-state index contributed by atoms with van der Waals surface area (Å²) in [5.74, 6) is 0.00781. The second-order valence-electron chi connectivity index (χ2n) is 6.53. The van der Waals surface area contributed by atoms with Crippen LogP contribution in [0.15, 0.2) is 35.2 Å². The quantitative estimate of drug-likeness (QED) is 0.617. The van der Waals surface area contributed by atoms with Crippen molar-refractivity contribution in [2.75, 3.05) is 20.2 Å². The third-order valence-corrected chi connectivity index (χ3v) is 4.98. The number of hydrogen-bond acceptors (Lipinski definition) is 2. The first-order chi connectivity index (χ1) is 9.47. The van der Waals surface area contributed by atoms with E-state index in [2.05, 4.69) is 18.0 Å². The Labute approximate surface area is 121 Å². The minimum absolute atomic E-state index is 0.00217. The fourth-order valence-corrected chi connectivity index (χ4v) is 3.70. The van der Waals surface area contributed by atoms with Gasteiger partial charge in [0.15, 0.2) is 0 Å². The van der Waals surface area contributed by atoms with Crippen molar-refractivity contribution in [1.82, 2.24) is 4.90 Å². The summed E-state index contributed by atoms with van der Waals surface area (Å²) < 4.78 is 14.4. The van der Waals surface area contributed by atoms with Crippen molar-refractivity contribution in [2.24, 2.45) is 11.3 Å². The van der Waals surface area contributed by atoms with Gasteiger partial charge in [0, 0.05) is 18.0 Å². The average molecular weight is 273 g/mol. The number of hydrogen-bond donors (Lipinski definition) is 1. The molecule has 2 nitrogen and oxygen atoms in total. The van der Waals surface area contributed by atoms with Crippen LogP contribution in [0, 0.1) is 11.3 Å². The van der Waals surface area contributed by atoms with Crippen LogP contribution in [0.25, 0.3) is 0 Å². The molecule has 1 N–H and O–H groups in total. The molecule has 0 amide bonds. The van der Waals surface area contributed by atoms with E-state index in [1.807, 2.05) is 6.08 Å². The van der Waals surface area contributed by atoms with Crippen LogP contribution in [0.1, 0.15) is 19.8 Å². The fourth-order valence-electron chi connectivity index (χ4n) is 3.70. The Morgan fingerprint density at radius 3 is 2.95 bits per heavy atom. The molecular weight excluding hydrogens is 252 g/mol. The molecule has 4 atom stereocenters. The van der Waals surface area contributed by atoms with Gasteiger partial charge < -0.3 is 10.0 Å². The molecule has 1 spiro atoms. The van der Waals surface area contributed by atoms with Gasteiger partial charge in [-0.05, 0) is 43.0 Å². The summed E-state index contributed by atoms with van der Waals surface area (Å²) in [6.07, 6.45) is 7.64. The highest BCUT2D eigenvalue weighted by Crippen LogP contribution is 2.49. The summed E-state index contributed by atoms with van der Waals surface area (Å²) in [5.41, 5.74) is 1.15. The van der Waals surface area contributed by atoms with Crippen LogP contribution in [0.5, 0.6) is 0 Å². The Kier molecular flexibility index (Phi) is 3.42. The summed E-state index contributed by atoms with van der Waals surface area (Å²) in [7, 11) is 7.90.